The van der Waals surface area contributed by atoms with E-state index in [2.05, 4.69) is 4.98 Å². The fourth-order valence-corrected chi connectivity index (χ4v) is 1.74. The summed E-state index contributed by atoms with van der Waals surface area (Å²) >= 11 is 0. The third-order valence-corrected chi connectivity index (χ3v) is 2.88. The Kier molecular flexibility index (Phi) is 3.84. The van der Waals surface area contributed by atoms with Crippen LogP contribution in [0.25, 0.3) is 0 Å². The molecule has 1 aromatic heterocycles. The zero-order chi connectivity index (χ0) is 15.6. The Balaban J connectivity index is 2.34. The number of nitro groups is 1. The molecule has 2 rings (SSSR count). The second-order valence-corrected chi connectivity index (χ2v) is 4.40. The van der Waals surface area contributed by atoms with Crippen LogP contribution in [-0.4, -0.2) is 21.0 Å². The second-order valence-electron chi connectivity index (χ2n) is 4.40. The molecular formula is C14H12N2O5. The molecule has 0 unspecified atom stereocenters. The summed E-state index contributed by atoms with van der Waals surface area (Å²) in [6.45, 7) is 3.27. The van der Waals surface area contributed by atoms with E-state index in [-0.39, 0.29) is 22.8 Å². The Hall–Kier alpha value is -2.96. The van der Waals surface area contributed by atoms with Crippen molar-refractivity contribution in [1.29, 1.82) is 0 Å². The molecule has 1 heterocycles. The number of rotatable bonds is 4. The van der Waals surface area contributed by atoms with E-state index < -0.39 is 10.9 Å². The number of hydrogen-bond donors (Lipinski definition) is 1. The van der Waals surface area contributed by atoms with Gasteiger partial charge in [0, 0.05) is 12.1 Å². The molecule has 0 aliphatic heterocycles. The first-order valence-electron chi connectivity index (χ1n) is 6.02. The van der Waals surface area contributed by atoms with Crippen molar-refractivity contribution in [2.45, 2.75) is 13.8 Å². The lowest BCUT2D eigenvalue weighted by atomic mass is 10.1. The predicted molar refractivity (Wildman–Crippen MR) is 73.8 cm³/mol. The third-order valence-electron chi connectivity index (χ3n) is 2.88. The zero-order valence-corrected chi connectivity index (χ0v) is 11.4. The molecule has 0 amide bonds. The molecule has 0 radical (unpaired) electrons. The van der Waals surface area contributed by atoms with Crippen molar-refractivity contribution < 1.29 is 19.6 Å². The summed E-state index contributed by atoms with van der Waals surface area (Å²) in [7, 11) is 0. The maximum atomic E-state index is 10.9. The van der Waals surface area contributed by atoms with Gasteiger partial charge in [0.1, 0.15) is 11.4 Å². The van der Waals surface area contributed by atoms with Crippen LogP contribution < -0.4 is 4.74 Å². The van der Waals surface area contributed by atoms with Crippen molar-refractivity contribution in [2.75, 3.05) is 0 Å². The van der Waals surface area contributed by atoms with Gasteiger partial charge >= 0.3 is 5.97 Å². The van der Waals surface area contributed by atoms with E-state index in [1.807, 2.05) is 0 Å². The molecule has 7 nitrogen and oxygen atoms in total. The highest BCUT2D eigenvalue weighted by Gasteiger charge is 2.14. The van der Waals surface area contributed by atoms with Gasteiger partial charge in [0.2, 0.25) is 5.88 Å². The number of ether oxygens (including phenoxy) is 1. The summed E-state index contributed by atoms with van der Waals surface area (Å²) in [5, 5.41) is 19.7. The Bertz CT molecular complexity index is 727. The minimum absolute atomic E-state index is 0.0919. The highest BCUT2D eigenvalue weighted by atomic mass is 16.6. The largest absolute Gasteiger partial charge is 0.478 e. The van der Waals surface area contributed by atoms with Crippen molar-refractivity contribution >= 4 is 11.7 Å². The smallest absolute Gasteiger partial charge is 0.335 e. The lowest BCUT2D eigenvalue weighted by molar-refractivity contribution is -0.385. The summed E-state index contributed by atoms with van der Waals surface area (Å²) in [4.78, 5) is 25.1. The molecular weight excluding hydrogens is 276 g/mol. The monoisotopic (exact) mass is 288 g/mol. The molecule has 0 bridgehead atoms. The van der Waals surface area contributed by atoms with Crippen molar-refractivity contribution in [3.8, 4) is 11.6 Å². The fourth-order valence-electron chi connectivity index (χ4n) is 1.74. The van der Waals surface area contributed by atoms with Crippen LogP contribution in [0.5, 0.6) is 11.6 Å². The summed E-state index contributed by atoms with van der Waals surface area (Å²) in [6, 6.07) is 7.15. The van der Waals surface area contributed by atoms with Crippen LogP contribution in [-0.2, 0) is 0 Å². The summed E-state index contributed by atoms with van der Waals surface area (Å²) in [5.74, 6) is -0.549. The van der Waals surface area contributed by atoms with Gasteiger partial charge < -0.3 is 9.84 Å². The molecule has 21 heavy (non-hydrogen) atoms. The highest BCUT2D eigenvalue weighted by molar-refractivity contribution is 5.88. The number of nitrogens with zero attached hydrogens (tertiary/aromatic N) is 2. The van der Waals surface area contributed by atoms with Gasteiger partial charge in [-0.3, -0.25) is 10.1 Å². The predicted octanol–water partition coefficient (Wildman–Crippen LogP) is 3.10. The molecule has 2 aromatic rings. The SMILES string of the molecule is Cc1ccc(C(=O)O)cc1Oc1ccc([N+](=O)[O-])c(C)n1. The topological polar surface area (TPSA) is 103 Å². The van der Waals surface area contributed by atoms with Gasteiger partial charge in [-0.05, 0) is 31.5 Å². The van der Waals surface area contributed by atoms with Crippen LogP contribution in [0.3, 0.4) is 0 Å². The van der Waals surface area contributed by atoms with E-state index in [1.54, 1.807) is 13.0 Å². The molecule has 0 saturated carbocycles. The molecule has 1 N–H and O–H groups in total. The normalized spacial score (nSPS) is 10.2. The maximum absolute atomic E-state index is 10.9. The van der Waals surface area contributed by atoms with Crippen LogP contribution in [0.2, 0.25) is 0 Å². The van der Waals surface area contributed by atoms with Gasteiger partial charge in [0.25, 0.3) is 5.69 Å². The van der Waals surface area contributed by atoms with E-state index in [1.165, 1.54) is 31.2 Å². The van der Waals surface area contributed by atoms with Crippen LogP contribution in [0.4, 0.5) is 5.69 Å². The minimum Gasteiger partial charge on any atom is -0.478 e. The van der Waals surface area contributed by atoms with Crippen LogP contribution in [0.1, 0.15) is 21.6 Å². The van der Waals surface area contributed by atoms with E-state index >= 15 is 0 Å². The number of aryl methyl sites for hydroxylation is 2. The van der Waals surface area contributed by atoms with E-state index in [0.29, 0.717) is 5.75 Å². The number of benzene rings is 1. The molecule has 0 atom stereocenters. The summed E-state index contributed by atoms with van der Waals surface area (Å²) in [5.41, 5.74) is 0.954. The van der Waals surface area contributed by atoms with E-state index in [9.17, 15) is 14.9 Å². The molecule has 0 aliphatic carbocycles. The lowest BCUT2D eigenvalue weighted by Crippen LogP contribution is -1.99. The zero-order valence-electron chi connectivity index (χ0n) is 11.4. The van der Waals surface area contributed by atoms with Crippen molar-refractivity contribution in [2.24, 2.45) is 0 Å². The van der Waals surface area contributed by atoms with Crippen LogP contribution in [0.15, 0.2) is 30.3 Å². The lowest BCUT2D eigenvalue weighted by Gasteiger charge is -2.09. The molecule has 108 valence electrons. The first kappa shape index (κ1) is 14.4. The number of hydrogen-bond acceptors (Lipinski definition) is 5. The molecule has 7 heteroatoms. The van der Waals surface area contributed by atoms with E-state index in [0.717, 1.165) is 5.56 Å². The van der Waals surface area contributed by atoms with Gasteiger partial charge in [0.15, 0.2) is 0 Å². The standard InChI is InChI=1S/C14H12N2O5/c1-8-3-4-10(14(17)18)7-12(8)21-13-6-5-11(16(19)20)9(2)15-13/h3-7H,1-2H3,(H,17,18). The fraction of sp³-hybridized carbons (Fsp3) is 0.143. The molecule has 0 aliphatic rings. The Morgan fingerprint density at radius 1 is 1.29 bits per heavy atom. The molecule has 1 aromatic carbocycles. The Morgan fingerprint density at radius 2 is 2.00 bits per heavy atom. The average Bonchev–Trinajstić information content (AvgIpc) is 2.40. The average molecular weight is 288 g/mol. The first-order chi connectivity index (χ1) is 9.88. The quantitative estimate of drug-likeness (QED) is 0.685. The van der Waals surface area contributed by atoms with Gasteiger partial charge in [-0.1, -0.05) is 6.07 Å². The Labute approximate surface area is 120 Å². The van der Waals surface area contributed by atoms with Crippen molar-refractivity contribution in [1.82, 2.24) is 4.98 Å². The van der Waals surface area contributed by atoms with Crippen LogP contribution in [0, 0.1) is 24.0 Å². The maximum Gasteiger partial charge on any atom is 0.335 e. The third kappa shape index (κ3) is 3.14. The number of aromatic carboxylic acids is 1. The number of carbonyl (C=O) groups is 1. The van der Waals surface area contributed by atoms with Crippen molar-refractivity contribution in [3.63, 3.8) is 0 Å². The Morgan fingerprint density at radius 3 is 2.57 bits per heavy atom. The number of pyridine rings is 1. The second kappa shape index (κ2) is 5.58. The summed E-state index contributed by atoms with van der Waals surface area (Å²) < 4.78 is 5.52. The molecule has 0 saturated heterocycles. The summed E-state index contributed by atoms with van der Waals surface area (Å²) in [6.07, 6.45) is 0. The first-order valence-corrected chi connectivity index (χ1v) is 6.02. The number of carboxylic acid groups (broad SMARTS) is 1. The van der Waals surface area contributed by atoms with Gasteiger partial charge in [-0.25, -0.2) is 9.78 Å². The van der Waals surface area contributed by atoms with Gasteiger partial charge in [0.05, 0.1) is 10.5 Å². The van der Waals surface area contributed by atoms with Gasteiger partial charge in [-0.15, -0.1) is 0 Å². The van der Waals surface area contributed by atoms with Crippen LogP contribution >= 0.6 is 0 Å². The highest BCUT2D eigenvalue weighted by Crippen LogP contribution is 2.27. The molecule has 0 fully saturated rings. The van der Waals surface area contributed by atoms with Crippen molar-refractivity contribution in [3.05, 3.63) is 57.3 Å². The number of aromatic nitrogens is 1. The minimum atomic E-state index is -1.06. The molecule has 0 spiro atoms. The number of carboxylic acids is 1. The van der Waals surface area contributed by atoms with E-state index in [4.69, 9.17) is 9.84 Å². The van der Waals surface area contributed by atoms with Gasteiger partial charge in [-0.2, -0.15) is 0 Å².